The molecule has 0 saturated heterocycles. The highest BCUT2D eigenvalue weighted by Gasteiger charge is 2.22. The number of nitrogens with one attached hydrogen (secondary N) is 1. The molecule has 0 bridgehead atoms. The predicted octanol–water partition coefficient (Wildman–Crippen LogP) is 4.01. The van der Waals surface area contributed by atoms with Crippen molar-refractivity contribution < 1.29 is 13.2 Å². The van der Waals surface area contributed by atoms with E-state index in [0.29, 0.717) is 5.69 Å². The molecule has 28 heavy (non-hydrogen) atoms. The molecule has 6 heteroatoms. The molecule has 0 aliphatic heterocycles. The van der Waals surface area contributed by atoms with Crippen molar-refractivity contribution in [3.63, 3.8) is 0 Å². The van der Waals surface area contributed by atoms with Crippen LogP contribution >= 0.6 is 0 Å². The summed E-state index contributed by atoms with van der Waals surface area (Å²) in [6.07, 6.45) is 6.20. The summed E-state index contributed by atoms with van der Waals surface area (Å²) in [6.45, 7) is 9.55. The van der Waals surface area contributed by atoms with Crippen molar-refractivity contribution in [2.45, 2.75) is 11.8 Å². The van der Waals surface area contributed by atoms with E-state index in [1.807, 2.05) is 31.2 Å². The minimum absolute atomic E-state index is 0.143. The van der Waals surface area contributed by atoms with Gasteiger partial charge in [-0.25, -0.2) is 8.42 Å². The third kappa shape index (κ3) is 5.77. The minimum atomic E-state index is -3.66. The van der Waals surface area contributed by atoms with E-state index in [-0.39, 0.29) is 23.9 Å². The fourth-order valence-electron chi connectivity index (χ4n) is 2.45. The number of carbonyl (C=O) groups excluding carboxylic acids is 1. The quantitative estimate of drug-likeness (QED) is 0.514. The molecule has 0 aromatic heterocycles. The lowest BCUT2D eigenvalue weighted by Gasteiger charge is -2.19. The molecule has 0 heterocycles. The van der Waals surface area contributed by atoms with Gasteiger partial charge in [0, 0.05) is 24.9 Å². The van der Waals surface area contributed by atoms with E-state index >= 15 is 0 Å². The van der Waals surface area contributed by atoms with E-state index < -0.39 is 10.0 Å². The fraction of sp³-hybridized carbons (Fsp3) is 0.136. The third-order valence-corrected chi connectivity index (χ3v) is 5.78. The van der Waals surface area contributed by atoms with Gasteiger partial charge in [-0.3, -0.25) is 4.79 Å². The Balaban J connectivity index is 2.07. The number of hydrogen-bond acceptors (Lipinski definition) is 3. The second-order valence-corrected chi connectivity index (χ2v) is 8.09. The Kier molecular flexibility index (Phi) is 7.49. The van der Waals surface area contributed by atoms with Gasteiger partial charge in [0.2, 0.25) is 15.9 Å². The van der Waals surface area contributed by atoms with Crippen LogP contribution in [0.3, 0.4) is 0 Å². The van der Waals surface area contributed by atoms with Gasteiger partial charge in [0.1, 0.15) is 0 Å². The van der Waals surface area contributed by atoms with Gasteiger partial charge >= 0.3 is 0 Å². The van der Waals surface area contributed by atoms with Crippen LogP contribution in [0.2, 0.25) is 0 Å². The zero-order chi connectivity index (χ0) is 20.6. The standard InChI is InChI=1S/C22H24N2O3S/c1-4-16-24(17-5-2)28(26,27)21-13-11-20(12-14-21)23-22(25)15-10-19-8-6-18(3)7-9-19/h4-15H,1-2,16-17H2,3H3,(H,23,25). The van der Waals surface area contributed by atoms with Crippen LogP contribution < -0.4 is 5.32 Å². The molecule has 0 aliphatic rings. The maximum Gasteiger partial charge on any atom is 0.248 e. The Morgan fingerprint density at radius 3 is 2.11 bits per heavy atom. The lowest BCUT2D eigenvalue weighted by molar-refractivity contribution is -0.111. The highest BCUT2D eigenvalue weighted by Crippen LogP contribution is 2.18. The van der Waals surface area contributed by atoms with E-state index in [9.17, 15) is 13.2 Å². The Labute approximate surface area is 166 Å². The minimum Gasteiger partial charge on any atom is -0.323 e. The van der Waals surface area contributed by atoms with E-state index in [1.165, 1.54) is 34.7 Å². The second-order valence-electron chi connectivity index (χ2n) is 6.16. The normalized spacial score (nSPS) is 11.5. The maximum absolute atomic E-state index is 12.7. The number of sulfonamides is 1. The average molecular weight is 397 g/mol. The lowest BCUT2D eigenvalue weighted by Crippen LogP contribution is -2.31. The second kappa shape index (κ2) is 9.82. The summed E-state index contributed by atoms with van der Waals surface area (Å²) in [7, 11) is -3.66. The van der Waals surface area contributed by atoms with Gasteiger partial charge < -0.3 is 5.32 Å². The molecular weight excluding hydrogens is 372 g/mol. The highest BCUT2D eigenvalue weighted by molar-refractivity contribution is 7.89. The van der Waals surface area contributed by atoms with Crippen LogP contribution in [-0.2, 0) is 14.8 Å². The molecule has 0 saturated carbocycles. The molecule has 0 radical (unpaired) electrons. The molecule has 0 spiro atoms. The summed E-state index contributed by atoms with van der Waals surface area (Å²) in [5, 5.41) is 2.72. The van der Waals surface area contributed by atoms with Crippen molar-refractivity contribution >= 4 is 27.7 Å². The van der Waals surface area contributed by atoms with Crippen molar-refractivity contribution in [1.29, 1.82) is 0 Å². The topological polar surface area (TPSA) is 66.5 Å². The number of hydrogen-bond donors (Lipinski definition) is 1. The molecule has 0 unspecified atom stereocenters. The zero-order valence-corrected chi connectivity index (χ0v) is 16.7. The van der Waals surface area contributed by atoms with Gasteiger partial charge in [0.15, 0.2) is 0 Å². The number of carbonyl (C=O) groups is 1. The maximum atomic E-state index is 12.7. The Hall–Kier alpha value is -2.96. The average Bonchev–Trinajstić information content (AvgIpc) is 2.68. The molecular formula is C22H24N2O3S. The smallest absolute Gasteiger partial charge is 0.248 e. The summed E-state index contributed by atoms with van der Waals surface area (Å²) in [5.41, 5.74) is 2.58. The number of benzene rings is 2. The summed E-state index contributed by atoms with van der Waals surface area (Å²) in [5.74, 6) is -0.295. The van der Waals surface area contributed by atoms with Crippen LogP contribution in [0.25, 0.3) is 6.08 Å². The summed E-state index contributed by atoms with van der Waals surface area (Å²) < 4.78 is 26.6. The van der Waals surface area contributed by atoms with E-state index in [1.54, 1.807) is 18.2 Å². The molecule has 2 aromatic rings. The van der Waals surface area contributed by atoms with Crippen LogP contribution in [0.4, 0.5) is 5.69 Å². The Morgan fingerprint density at radius 2 is 1.57 bits per heavy atom. The molecule has 146 valence electrons. The van der Waals surface area contributed by atoms with Gasteiger partial charge in [-0.15, -0.1) is 13.2 Å². The first kappa shape index (κ1) is 21.3. The Bertz CT molecular complexity index is 950. The molecule has 0 aliphatic carbocycles. The first-order valence-electron chi connectivity index (χ1n) is 8.74. The molecule has 1 N–H and O–H groups in total. The molecule has 2 rings (SSSR count). The van der Waals surface area contributed by atoms with Crippen LogP contribution in [-0.4, -0.2) is 31.7 Å². The van der Waals surface area contributed by atoms with Gasteiger partial charge in [-0.2, -0.15) is 4.31 Å². The van der Waals surface area contributed by atoms with Crippen molar-refractivity contribution in [3.8, 4) is 0 Å². The van der Waals surface area contributed by atoms with Gasteiger partial charge in [-0.05, 0) is 42.8 Å². The Morgan fingerprint density at radius 1 is 1.00 bits per heavy atom. The monoisotopic (exact) mass is 396 g/mol. The molecule has 0 fully saturated rings. The summed E-state index contributed by atoms with van der Waals surface area (Å²) in [4.78, 5) is 12.2. The van der Waals surface area contributed by atoms with Crippen LogP contribution in [0.15, 0.2) is 84.8 Å². The molecule has 5 nitrogen and oxygen atoms in total. The van der Waals surface area contributed by atoms with Crippen molar-refractivity contribution in [3.05, 3.63) is 91.0 Å². The number of aryl methyl sites for hydroxylation is 1. The van der Waals surface area contributed by atoms with E-state index in [2.05, 4.69) is 18.5 Å². The summed E-state index contributed by atoms with van der Waals surface area (Å²) in [6, 6.07) is 13.8. The number of nitrogens with zero attached hydrogens (tertiary/aromatic N) is 1. The largest absolute Gasteiger partial charge is 0.323 e. The lowest BCUT2D eigenvalue weighted by atomic mass is 10.1. The van der Waals surface area contributed by atoms with Crippen LogP contribution in [0, 0.1) is 6.92 Å². The third-order valence-electron chi connectivity index (χ3n) is 3.93. The first-order chi connectivity index (χ1) is 13.4. The number of rotatable bonds is 9. The van der Waals surface area contributed by atoms with Crippen LogP contribution in [0.1, 0.15) is 11.1 Å². The first-order valence-corrected chi connectivity index (χ1v) is 10.2. The predicted molar refractivity (Wildman–Crippen MR) is 114 cm³/mol. The summed E-state index contributed by atoms with van der Waals surface area (Å²) >= 11 is 0. The molecule has 2 aromatic carbocycles. The van der Waals surface area contributed by atoms with Gasteiger partial charge in [0.25, 0.3) is 0 Å². The highest BCUT2D eigenvalue weighted by atomic mass is 32.2. The van der Waals surface area contributed by atoms with Crippen molar-refractivity contribution in [2.24, 2.45) is 0 Å². The number of amides is 1. The van der Waals surface area contributed by atoms with E-state index in [4.69, 9.17) is 0 Å². The number of anilines is 1. The van der Waals surface area contributed by atoms with Crippen molar-refractivity contribution in [1.82, 2.24) is 4.31 Å². The van der Waals surface area contributed by atoms with E-state index in [0.717, 1.165) is 11.1 Å². The molecule has 0 atom stereocenters. The zero-order valence-electron chi connectivity index (χ0n) is 15.8. The van der Waals surface area contributed by atoms with Gasteiger partial charge in [-0.1, -0.05) is 42.0 Å². The fourth-order valence-corrected chi connectivity index (χ4v) is 3.83. The SMILES string of the molecule is C=CCN(CC=C)S(=O)(=O)c1ccc(NC(=O)C=Cc2ccc(C)cc2)cc1. The molecule has 1 amide bonds. The van der Waals surface area contributed by atoms with Gasteiger partial charge in [0.05, 0.1) is 4.90 Å². The van der Waals surface area contributed by atoms with Crippen LogP contribution in [0.5, 0.6) is 0 Å². The van der Waals surface area contributed by atoms with Crippen molar-refractivity contribution in [2.75, 3.05) is 18.4 Å².